The van der Waals surface area contributed by atoms with Gasteiger partial charge >= 0.3 is 0 Å². The van der Waals surface area contributed by atoms with Crippen LogP contribution in [-0.4, -0.2) is 16.3 Å². The normalized spacial score (nSPS) is 12.6. The lowest BCUT2D eigenvalue weighted by Crippen LogP contribution is -2.27. The van der Waals surface area contributed by atoms with Crippen molar-refractivity contribution in [3.8, 4) is 0 Å². The van der Waals surface area contributed by atoms with Crippen LogP contribution in [0.5, 0.6) is 0 Å². The summed E-state index contributed by atoms with van der Waals surface area (Å²) in [7, 11) is 0. The molecule has 2 aromatic rings. The monoisotopic (exact) mass is 285 g/mol. The van der Waals surface area contributed by atoms with E-state index in [1.165, 1.54) is 22.4 Å². The Bertz CT molecular complexity index is 581. The second kappa shape index (κ2) is 6.90. The molecular formula is C18H27N3. The van der Waals surface area contributed by atoms with Gasteiger partial charge in [-0.25, -0.2) is 0 Å². The van der Waals surface area contributed by atoms with Crippen molar-refractivity contribution in [1.82, 2.24) is 15.1 Å². The summed E-state index contributed by atoms with van der Waals surface area (Å²) in [6.07, 6.45) is 1.14. The van der Waals surface area contributed by atoms with Crippen LogP contribution >= 0.6 is 0 Å². The van der Waals surface area contributed by atoms with Gasteiger partial charge in [-0.2, -0.15) is 5.10 Å². The van der Waals surface area contributed by atoms with Gasteiger partial charge in [-0.15, -0.1) is 0 Å². The molecule has 0 fully saturated rings. The molecule has 0 radical (unpaired) electrons. The Hall–Kier alpha value is -1.61. The molecule has 0 saturated carbocycles. The lowest BCUT2D eigenvalue weighted by molar-refractivity contribution is 0.432. The molecule has 114 valence electrons. The third-order valence-electron chi connectivity index (χ3n) is 4.22. The first kappa shape index (κ1) is 15.8. The molecule has 0 aliphatic heterocycles. The molecule has 0 spiro atoms. The first-order valence-electron chi connectivity index (χ1n) is 7.83. The number of nitrogens with one attached hydrogen (secondary N) is 1. The Balaban J connectivity index is 2.23. The van der Waals surface area contributed by atoms with Crippen molar-refractivity contribution in [3.05, 3.63) is 52.3 Å². The summed E-state index contributed by atoms with van der Waals surface area (Å²) in [6.45, 7) is 12.6. The molecule has 1 heterocycles. The van der Waals surface area contributed by atoms with Crippen molar-refractivity contribution in [2.75, 3.05) is 6.54 Å². The molecule has 21 heavy (non-hydrogen) atoms. The molecule has 1 atom stereocenters. The van der Waals surface area contributed by atoms with Crippen molar-refractivity contribution in [2.45, 2.75) is 53.6 Å². The van der Waals surface area contributed by atoms with Crippen molar-refractivity contribution in [1.29, 1.82) is 0 Å². The predicted octanol–water partition coefficient (Wildman–Crippen LogP) is 3.86. The van der Waals surface area contributed by atoms with Gasteiger partial charge in [0.05, 0.1) is 18.3 Å². The van der Waals surface area contributed by atoms with E-state index in [-0.39, 0.29) is 0 Å². The molecule has 3 nitrogen and oxygen atoms in total. The molecule has 2 rings (SSSR count). The average Bonchev–Trinajstić information content (AvgIpc) is 2.72. The third kappa shape index (κ3) is 3.73. The minimum atomic E-state index is 0.308. The van der Waals surface area contributed by atoms with Crippen molar-refractivity contribution >= 4 is 0 Å². The van der Waals surface area contributed by atoms with Crippen molar-refractivity contribution in [3.63, 3.8) is 0 Å². The van der Waals surface area contributed by atoms with E-state index in [1.54, 1.807) is 0 Å². The lowest BCUT2D eigenvalue weighted by Gasteiger charge is -2.20. The van der Waals surface area contributed by atoms with E-state index >= 15 is 0 Å². The topological polar surface area (TPSA) is 29.9 Å². The Morgan fingerprint density at radius 1 is 1.10 bits per heavy atom. The fraction of sp³-hybridized carbons (Fsp3) is 0.500. The van der Waals surface area contributed by atoms with Crippen LogP contribution in [0.15, 0.2) is 24.3 Å². The van der Waals surface area contributed by atoms with E-state index in [4.69, 9.17) is 0 Å². The van der Waals surface area contributed by atoms with E-state index in [1.807, 2.05) is 0 Å². The van der Waals surface area contributed by atoms with Gasteiger partial charge in [-0.3, -0.25) is 4.68 Å². The van der Waals surface area contributed by atoms with E-state index in [9.17, 15) is 0 Å². The highest BCUT2D eigenvalue weighted by atomic mass is 15.3. The maximum absolute atomic E-state index is 4.68. The standard InChI is InChI=1S/C18H27N3/c1-6-11-19-18(17-9-7-13(2)8-10-17)12-21-16(5)14(3)15(4)20-21/h7-10,18-19H,6,11-12H2,1-5H3. The van der Waals surface area contributed by atoms with Crippen LogP contribution in [0, 0.1) is 27.7 Å². The zero-order valence-electron chi connectivity index (χ0n) is 13.9. The van der Waals surface area contributed by atoms with Gasteiger partial charge in [0.1, 0.15) is 0 Å². The molecule has 1 unspecified atom stereocenters. The highest BCUT2D eigenvalue weighted by molar-refractivity contribution is 5.25. The fourth-order valence-corrected chi connectivity index (χ4v) is 2.54. The van der Waals surface area contributed by atoms with Crippen LogP contribution in [0.4, 0.5) is 0 Å². The van der Waals surface area contributed by atoms with E-state index in [0.717, 1.165) is 25.2 Å². The molecule has 1 N–H and O–H groups in total. The smallest absolute Gasteiger partial charge is 0.0625 e. The summed E-state index contributed by atoms with van der Waals surface area (Å²) < 4.78 is 2.14. The van der Waals surface area contributed by atoms with E-state index < -0.39 is 0 Å². The average molecular weight is 285 g/mol. The zero-order valence-corrected chi connectivity index (χ0v) is 13.9. The third-order valence-corrected chi connectivity index (χ3v) is 4.22. The second-order valence-electron chi connectivity index (χ2n) is 5.90. The van der Waals surface area contributed by atoms with Crippen LogP contribution in [0.25, 0.3) is 0 Å². The van der Waals surface area contributed by atoms with Gasteiger partial charge in [0, 0.05) is 5.69 Å². The Labute approximate surface area is 128 Å². The summed E-state index contributed by atoms with van der Waals surface area (Å²) in [5.74, 6) is 0. The lowest BCUT2D eigenvalue weighted by atomic mass is 10.0. The Kier molecular flexibility index (Phi) is 5.18. The number of hydrogen-bond acceptors (Lipinski definition) is 2. The largest absolute Gasteiger partial charge is 0.308 e. The van der Waals surface area contributed by atoms with E-state index in [0.29, 0.717) is 6.04 Å². The SMILES string of the molecule is CCCNC(Cn1nc(C)c(C)c1C)c1ccc(C)cc1. The minimum absolute atomic E-state index is 0.308. The van der Waals surface area contributed by atoms with Gasteiger partial charge in [0.25, 0.3) is 0 Å². The number of nitrogens with zero attached hydrogens (tertiary/aromatic N) is 2. The molecular weight excluding hydrogens is 258 g/mol. The van der Waals surface area contributed by atoms with Gasteiger partial charge in [0.2, 0.25) is 0 Å². The first-order valence-corrected chi connectivity index (χ1v) is 7.83. The van der Waals surface area contributed by atoms with Gasteiger partial charge < -0.3 is 5.32 Å². The quantitative estimate of drug-likeness (QED) is 0.873. The molecule has 0 amide bonds. The second-order valence-corrected chi connectivity index (χ2v) is 5.90. The summed E-state index contributed by atoms with van der Waals surface area (Å²) in [4.78, 5) is 0. The molecule has 0 aliphatic rings. The molecule has 0 saturated heterocycles. The van der Waals surface area contributed by atoms with Gasteiger partial charge in [0.15, 0.2) is 0 Å². The van der Waals surface area contributed by atoms with Crippen LogP contribution < -0.4 is 5.32 Å². The molecule has 0 aliphatic carbocycles. The van der Waals surface area contributed by atoms with Crippen LogP contribution in [-0.2, 0) is 6.54 Å². The van der Waals surface area contributed by atoms with E-state index in [2.05, 4.69) is 74.0 Å². The number of aryl methyl sites for hydroxylation is 2. The van der Waals surface area contributed by atoms with Gasteiger partial charge in [-0.1, -0.05) is 36.8 Å². The summed E-state index contributed by atoms with van der Waals surface area (Å²) in [5, 5.41) is 8.33. The summed E-state index contributed by atoms with van der Waals surface area (Å²) in [5.41, 5.74) is 6.33. The number of aromatic nitrogens is 2. The van der Waals surface area contributed by atoms with Gasteiger partial charge in [-0.05, 0) is 51.8 Å². The highest BCUT2D eigenvalue weighted by Crippen LogP contribution is 2.19. The maximum Gasteiger partial charge on any atom is 0.0625 e. The zero-order chi connectivity index (χ0) is 15.4. The number of hydrogen-bond donors (Lipinski definition) is 1. The number of benzene rings is 1. The molecule has 1 aromatic carbocycles. The minimum Gasteiger partial charge on any atom is -0.308 e. The Morgan fingerprint density at radius 2 is 1.76 bits per heavy atom. The fourth-order valence-electron chi connectivity index (χ4n) is 2.54. The Morgan fingerprint density at radius 3 is 2.29 bits per heavy atom. The number of rotatable bonds is 6. The van der Waals surface area contributed by atoms with Crippen molar-refractivity contribution in [2.24, 2.45) is 0 Å². The predicted molar refractivity (Wildman–Crippen MR) is 88.7 cm³/mol. The summed E-state index contributed by atoms with van der Waals surface area (Å²) in [6, 6.07) is 9.12. The van der Waals surface area contributed by atoms with Crippen LogP contribution in [0.1, 0.15) is 47.5 Å². The van der Waals surface area contributed by atoms with Crippen molar-refractivity contribution < 1.29 is 0 Å². The molecule has 1 aromatic heterocycles. The van der Waals surface area contributed by atoms with Crippen LogP contribution in [0.3, 0.4) is 0 Å². The highest BCUT2D eigenvalue weighted by Gasteiger charge is 2.15. The first-order chi connectivity index (χ1) is 10.0. The summed E-state index contributed by atoms with van der Waals surface area (Å²) >= 11 is 0. The maximum atomic E-state index is 4.68. The van der Waals surface area contributed by atoms with Crippen LogP contribution in [0.2, 0.25) is 0 Å². The molecule has 0 bridgehead atoms. The molecule has 3 heteroatoms.